The fourth-order valence-corrected chi connectivity index (χ4v) is 3.04. The van der Waals surface area contributed by atoms with Gasteiger partial charge in [0.15, 0.2) is 0 Å². The SMILES string of the molecule is Cc1ccc(N/N=C/c2cn(-c3ccccc3)nc2-c2ccc(B(O)O)cc2)cc1. The highest BCUT2D eigenvalue weighted by atomic mass is 16.4. The first-order chi connectivity index (χ1) is 14.6. The van der Waals surface area contributed by atoms with Gasteiger partial charge in [0, 0.05) is 17.3 Å². The van der Waals surface area contributed by atoms with Crippen molar-refractivity contribution in [3.8, 4) is 16.9 Å². The van der Waals surface area contributed by atoms with Crippen molar-refractivity contribution in [2.45, 2.75) is 6.92 Å². The topological polar surface area (TPSA) is 82.7 Å². The number of nitrogens with zero attached hydrogens (tertiary/aromatic N) is 3. The zero-order valence-corrected chi connectivity index (χ0v) is 16.5. The van der Waals surface area contributed by atoms with E-state index in [-0.39, 0.29) is 0 Å². The Balaban J connectivity index is 1.67. The molecule has 0 fully saturated rings. The molecule has 7 heteroatoms. The molecule has 0 radical (unpaired) electrons. The van der Waals surface area contributed by atoms with Gasteiger partial charge in [0.1, 0.15) is 5.69 Å². The van der Waals surface area contributed by atoms with Gasteiger partial charge in [-0.25, -0.2) is 4.68 Å². The summed E-state index contributed by atoms with van der Waals surface area (Å²) in [6.07, 6.45) is 3.65. The van der Waals surface area contributed by atoms with Gasteiger partial charge < -0.3 is 10.0 Å². The van der Waals surface area contributed by atoms with E-state index >= 15 is 0 Å². The van der Waals surface area contributed by atoms with Gasteiger partial charge in [0.05, 0.1) is 17.6 Å². The van der Waals surface area contributed by atoms with E-state index in [1.807, 2.05) is 79.9 Å². The molecule has 1 heterocycles. The molecule has 0 saturated carbocycles. The smallest absolute Gasteiger partial charge is 0.423 e. The van der Waals surface area contributed by atoms with Gasteiger partial charge >= 0.3 is 7.12 Å². The Morgan fingerprint density at radius 2 is 1.63 bits per heavy atom. The predicted molar refractivity (Wildman–Crippen MR) is 121 cm³/mol. The minimum absolute atomic E-state index is 0.428. The van der Waals surface area contributed by atoms with Gasteiger partial charge in [-0.3, -0.25) is 5.43 Å². The Bertz CT molecular complexity index is 1140. The Morgan fingerprint density at radius 3 is 2.30 bits per heavy atom. The van der Waals surface area contributed by atoms with E-state index in [1.165, 1.54) is 5.56 Å². The number of hydrogen-bond donors (Lipinski definition) is 3. The molecule has 0 atom stereocenters. The Hall–Kier alpha value is -3.68. The average Bonchev–Trinajstić information content (AvgIpc) is 3.20. The van der Waals surface area contributed by atoms with Crippen LogP contribution in [-0.2, 0) is 0 Å². The van der Waals surface area contributed by atoms with E-state index < -0.39 is 7.12 Å². The normalized spacial score (nSPS) is 11.0. The Morgan fingerprint density at radius 1 is 0.933 bits per heavy atom. The molecule has 30 heavy (non-hydrogen) atoms. The summed E-state index contributed by atoms with van der Waals surface area (Å²) in [5.41, 5.74) is 8.91. The van der Waals surface area contributed by atoms with Crippen LogP contribution >= 0.6 is 0 Å². The zero-order chi connectivity index (χ0) is 20.9. The van der Waals surface area contributed by atoms with Crippen molar-refractivity contribution in [3.63, 3.8) is 0 Å². The minimum atomic E-state index is -1.50. The summed E-state index contributed by atoms with van der Waals surface area (Å²) in [6.45, 7) is 2.04. The molecule has 6 nitrogen and oxygen atoms in total. The summed E-state index contributed by atoms with van der Waals surface area (Å²) in [6, 6.07) is 24.8. The van der Waals surface area contributed by atoms with E-state index in [2.05, 4.69) is 10.5 Å². The van der Waals surface area contributed by atoms with E-state index in [1.54, 1.807) is 23.0 Å². The lowest BCUT2D eigenvalue weighted by Crippen LogP contribution is -2.29. The second kappa shape index (κ2) is 8.77. The van der Waals surface area contributed by atoms with Crippen LogP contribution in [0.25, 0.3) is 16.9 Å². The lowest BCUT2D eigenvalue weighted by Gasteiger charge is -2.03. The van der Waals surface area contributed by atoms with Crippen molar-refractivity contribution < 1.29 is 10.0 Å². The van der Waals surface area contributed by atoms with Crippen LogP contribution in [0.2, 0.25) is 0 Å². The number of benzene rings is 3. The van der Waals surface area contributed by atoms with Crippen molar-refractivity contribution in [2.75, 3.05) is 5.43 Å². The van der Waals surface area contributed by atoms with Crippen LogP contribution < -0.4 is 10.9 Å². The second-order valence-corrected chi connectivity index (χ2v) is 6.94. The maximum Gasteiger partial charge on any atom is 0.488 e. The molecule has 0 amide bonds. The number of anilines is 1. The van der Waals surface area contributed by atoms with Gasteiger partial charge in [0.25, 0.3) is 0 Å². The third-order valence-corrected chi connectivity index (χ3v) is 4.69. The molecule has 0 unspecified atom stereocenters. The Kier molecular flexibility index (Phi) is 5.74. The number of rotatable bonds is 6. The van der Waals surface area contributed by atoms with Crippen LogP contribution in [0.15, 0.2) is 90.2 Å². The number of aromatic nitrogens is 2. The third-order valence-electron chi connectivity index (χ3n) is 4.69. The van der Waals surface area contributed by atoms with Gasteiger partial charge in [-0.2, -0.15) is 10.2 Å². The molecule has 4 aromatic rings. The second-order valence-electron chi connectivity index (χ2n) is 6.94. The van der Waals surface area contributed by atoms with Crippen LogP contribution in [0.1, 0.15) is 11.1 Å². The first-order valence-electron chi connectivity index (χ1n) is 9.57. The molecular formula is C23H21BN4O2. The number of hydrogen-bond acceptors (Lipinski definition) is 5. The molecule has 3 N–H and O–H groups in total. The predicted octanol–water partition coefficient (Wildman–Crippen LogP) is 2.97. The standard InChI is InChI=1S/C23H21BN4O2/c1-17-7-13-21(14-8-17)26-25-15-19-16-28(22-5-3-2-4-6-22)27-23(19)18-9-11-20(12-10-18)24(29)30/h2-16,26,29-30H,1H3/b25-15+. The van der Waals surface area contributed by atoms with Crippen molar-refractivity contribution in [1.82, 2.24) is 9.78 Å². The molecule has 4 rings (SSSR count). The molecule has 0 bridgehead atoms. The lowest BCUT2D eigenvalue weighted by molar-refractivity contribution is 0.426. The van der Waals surface area contributed by atoms with E-state index in [9.17, 15) is 10.0 Å². The number of para-hydroxylation sites is 1. The lowest BCUT2D eigenvalue weighted by atomic mass is 9.80. The first kappa shape index (κ1) is 19.6. The first-order valence-corrected chi connectivity index (χ1v) is 9.57. The average molecular weight is 396 g/mol. The van der Waals surface area contributed by atoms with Crippen LogP contribution in [-0.4, -0.2) is 33.2 Å². The molecule has 148 valence electrons. The summed E-state index contributed by atoms with van der Waals surface area (Å²) in [5, 5.41) is 27.8. The van der Waals surface area contributed by atoms with Crippen molar-refractivity contribution in [1.29, 1.82) is 0 Å². The molecule has 1 aromatic heterocycles. The maximum absolute atomic E-state index is 9.34. The van der Waals surface area contributed by atoms with Crippen LogP contribution in [0, 0.1) is 6.92 Å². The summed E-state index contributed by atoms with van der Waals surface area (Å²) >= 11 is 0. The van der Waals surface area contributed by atoms with Gasteiger partial charge in [-0.15, -0.1) is 0 Å². The van der Waals surface area contributed by atoms with Crippen LogP contribution in [0.4, 0.5) is 5.69 Å². The molecule has 3 aromatic carbocycles. The number of nitrogens with one attached hydrogen (secondary N) is 1. The summed E-state index contributed by atoms with van der Waals surface area (Å²) in [4.78, 5) is 0. The third kappa shape index (κ3) is 4.48. The highest BCUT2D eigenvalue weighted by Crippen LogP contribution is 2.22. The van der Waals surface area contributed by atoms with E-state index in [4.69, 9.17) is 5.10 Å². The fourth-order valence-electron chi connectivity index (χ4n) is 3.04. The van der Waals surface area contributed by atoms with Crippen molar-refractivity contribution in [3.05, 3.63) is 96.2 Å². The zero-order valence-electron chi connectivity index (χ0n) is 16.5. The molecule has 0 saturated heterocycles. The van der Waals surface area contributed by atoms with Gasteiger partial charge in [0.2, 0.25) is 0 Å². The minimum Gasteiger partial charge on any atom is -0.423 e. The molecule has 0 spiro atoms. The highest BCUT2D eigenvalue weighted by molar-refractivity contribution is 6.58. The molecule has 0 aliphatic carbocycles. The summed E-state index contributed by atoms with van der Waals surface area (Å²) in [7, 11) is -1.50. The summed E-state index contributed by atoms with van der Waals surface area (Å²) in [5.74, 6) is 0. The molecule has 0 aliphatic heterocycles. The quantitative estimate of drug-likeness (QED) is 0.266. The molecular weight excluding hydrogens is 375 g/mol. The maximum atomic E-state index is 9.34. The van der Waals surface area contributed by atoms with E-state index in [0.29, 0.717) is 5.46 Å². The molecule has 0 aliphatic rings. The Labute approximate surface area is 175 Å². The van der Waals surface area contributed by atoms with Gasteiger partial charge in [-0.05, 0) is 36.7 Å². The monoisotopic (exact) mass is 396 g/mol. The van der Waals surface area contributed by atoms with Crippen molar-refractivity contribution >= 4 is 24.5 Å². The van der Waals surface area contributed by atoms with Crippen molar-refractivity contribution in [2.24, 2.45) is 5.10 Å². The van der Waals surface area contributed by atoms with Crippen LogP contribution in [0.5, 0.6) is 0 Å². The summed E-state index contributed by atoms with van der Waals surface area (Å²) < 4.78 is 1.80. The number of hydrazone groups is 1. The fraction of sp³-hybridized carbons (Fsp3) is 0.0435. The van der Waals surface area contributed by atoms with E-state index in [0.717, 1.165) is 28.2 Å². The van der Waals surface area contributed by atoms with Gasteiger partial charge in [-0.1, -0.05) is 60.2 Å². The number of aryl methyl sites for hydroxylation is 1. The highest BCUT2D eigenvalue weighted by Gasteiger charge is 2.14. The largest absolute Gasteiger partial charge is 0.488 e. The van der Waals surface area contributed by atoms with Crippen LogP contribution in [0.3, 0.4) is 0 Å².